The van der Waals surface area contributed by atoms with Crippen LogP contribution in [0.5, 0.6) is 0 Å². The maximum Gasteiger partial charge on any atom is 0.422 e. The van der Waals surface area contributed by atoms with Crippen LogP contribution < -0.4 is 9.03 Å². The van der Waals surface area contributed by atoms with Crippen LogP contribution in [0, 0.1) is 0 Å². The molecule has 2 fully saturated rings. The van der Waals surface area contributed by atoms with E-state index in [0.29, 0.717) is 24.7 Å². The van der Waals surface area contributed by atoms with Gasteiger partial charge in [-0.3, -0.25) is 4.68 Å². The van der Waals surface area contributed by atoms with Crippen LogP contribution in [0.2, 0.25) is 0 Å². The predicted octanol–water partition coefficient (Wildman–Crippen LogP) is 1.89. The smallest absolute Gasteiger partial charge is 0.422 e. The number of nitrogens with one attached hydrogen (secondary N) is 1. The van der Waals surface area contributed by atoms with Crippen molar-refractivity contribution in [2.45, 2.75) is 64.1 Å². The number of rotatable bonds is 5. The zero-order valence-electron chi connectivity index (χ0n) is 16.4. The zero-order valence-corrected chi connectivity index (χ0v) is 17.2. The fourth-order valence-electron chi connectivity index (χ4n) is 3.31. The Labute approximate surface area is 160 Å². The SMILES string of the molecule is CN1CCC[C@@H](N(c2cnn(C3CC3)c2)S(=O)(=O)NC(=O)OC(C)(C)C)C1. The maximum atomic E-state index is 13.1. The lowest BCUT2D eigenvalue weighted by Crippen LogP contribution is -2.54. The molecule has 152 valence electrons. The normalized spacial score (nSPS) is 21.7. The molecule has 10 heteroatoms. The van der Waals surface area contributed by atoms with Gasteiger partial charge in [-0.15, -0.1) is 0 Å². The van der Waals surface area contributed by atoms with Crippen molar-refractivity contribution in [1.82, 2.24) is 19.4 Å². The molecule has 0 radical (unpaired) electrons. The number of hydrogen-bond acceptors (Lipinski definition) is 6. The largest absolute Gasteiger partial charge is 0.443 e. The van der Waals surface area contributed by atoms with E-state index in [0.717, 1.165) is 25.8 Å². The molecule has 2 heterocycles. The second kappa shape index (κ2) is 7.31. The third-order valence-corrected chi connectivity index (χ3v) is 6.02. The Morgan fingerprint density at radius 3 is 2.63 bits per heavy atom. The number of hydrogen-bond donors (Lipinski definition) is 1. The molecule has 3 rings (SSSR count). The van der Waals surface area contributed by atoms with Gasteiger partial charge in [0, 0.05) is 12.7 Å². The summed E-state index contributed by atoms with van der Waals surface area (Å²) < 4.78 is 36.5. The molecule has 1 aliphatic heterocycles. The summed E-state index contributed by atoms with van der Waals surface area (Å²) in [7, 11) is -2.17. The van der Waals surface area contributed by atoms with Gasteiger partial charge in [-0.1, -0.05) is 0 Å². The van der Waals surface area contributed by atoms with Crippen molar-refractivity contribution in [3.8, 4) is 0 Å². The number of ether oxygens (including phenoxy) is 1. The van der Waals surface area contributed by atoms with E-state index in [2.05, 4.69) is 14.7 Å². The number of amides is 1. The van der Waals surface area contributed by atoms with Gasteiger partial charge in [0.15, 0.2) is 0 Å². The van der Waals surface area contributed by atoms with Gasteiger partial charge in [0.25, 0.3) is 0 Å². The molecule has 1 aromatic rings. The maximum absolute atomic E-state index is 13.1. The first-order chi connectivity index (χ1) is 12.5. The number of likely N-dealkylation sites (N-methyl/N-ethyl adjacent to an activating group) is 1. The van der Waals surface area contributed by atoms with Crippen molar-refractivity contribution in [3.05, 3.63) is 12.4 Å². The van der Waals surface area contributed by atoms with Crippen LogP contribution in [0.4, 0.5) is 10.5 Å². The first-order valence-electron chi connectivity index (χ1n) is 9.33. The zero-order chi connectivity index (χ0) is 19.8. The van der Waals surface area contributed by atoms with Gasteiger partial charge in [0.1, 0.15) is 5.60 Å². The fraction of sp³-hybridized carbons (Fsp3) is 0.765. The van der Waals surface area contributed by atoms with Crippen LogP contribution in [0.1, 0.15) is 52.5 Å². The molecule has 1 saturated carbocycles. The van der Waals surface area contributed by atoms with Crippen LogP contribution in [0.25, 0.3) is 0 Å². The van der Waals surface area contributed by atoms with E-state index < -0.39 is 21.9 Å². The third-order valence-electron chi connectivity index (χ3n) is 4.56. The lowest BCUT2D eigenvalue weighted by molar-refractivity contribution is 0.0570. The van der Waals surface area contributed by atoms with Crippen LogP contribution >= 0.6 is 0 Å². The molecular weight excluding hydrogens is 370 g/mol. The van der Waals surface area contributed by atoms with Crippen molar-refractivity contribution in [1.29, 1.82) is 0 Å². The Bertz CT molecular complexity index is 781. The summed E-state index contributed by atoms with van der Waals surface area (Å²) in [6, 6.07) is 0.0664. The molecule has 1 saturated heterocycles. The van der Waals surface area contributed by atoms with Crippen molar-refractivity contribution >= 4 is 22.0 Å². The van der Waals surface area contributed by atoms with Crippen molar-refractivity contribution in [2.75, 3.05) is 24.4 Å². The van der Waals surface area contributed by atoms with E-state index in [1.165, 1.54) is 4.31 Å². The highest BCUT2D eigenvalue weighted by molar-refractivity contribution is 7.91. The fourth-order valence-corrected chi connectivity index (χ4v) is 4.60. The van der Waals surface area contributed by atoms with E-state index >= 15 is 0 Å². The van der Waals surface area contributed by atoms with Gasteiger partial charge < -0.3 is 9.64 Å². The summed E-state index contributed by atoms with van der Waals surface area (Å²) in [6.45, 7) is 6.57. The van der Waals surface area contributed by atoms with E-state index in [9.17, 15) is 13.2 Å². The lowest BCUT2D eigenvalue weighted by atomic mass is 10.1. The Balaban J connectivity index is 1.86. The summed E-state index contributed by atoms with van der Waals surface area (Å²) in [5.74, 6) is 0. The second-order valence-electron chi connectivity index (χ2n) is 8.37. The van der Waals surface area contributed by atoms with Crippen molar-refractivity contribution in [2.24, 2.45) is 0 Å². The van der Waals surface area contributed by atoms with E-state index in [-0.39, 0.29) is 6.04 Å². The molecule has 0 spiro atoms. The minimum Gasteiger partial charge on any atom is -0.443 e. The molecule has 27 heavy (non-hydrogen) atoms. The van der Waals surface area contributed by atoms with Crippen LogP contribution in [-0.4, -0.2) is 61.0 Å². The van der Waals surface area contributed by atoms with Crippen molar-refractivity contribution < 1.29 is 17.9 Å². The van der Waals surface area contributed by atoms with Crippen molar-refractivity contribution in [3.63, 3.8) is 0 Å². The summed E-state index contributed by atoms with van der Waals surface area (Å²) >= 11 is 0. The molecule has 1 N–H and O–H groups in total. The summed E-state index contributed by atoms with van der Waals surface area (Å²) in [5, 5.41) is 4.32. The van der Waals surface area contributed by atoms with E-state index in [4.69, 9.17) is 4.74 Å². The number of carbonyl (C=O) groups excluding carboxylic acids is 1. The molecule has 9 nitrogen and oxygen atoms in total. The van der Waals surface area contributed by atoms with Crippen LogP contribution in [0.15, 0.2) is 12.4 Å². The number of anilines is 1. The second-order valence-corrected chi connectivity index (χ2v) is 9.92. The Morgan fingerprint density at radius 2 is 2.04 bits per heavy atom. The third kappa shape index (κ3) is 5.13. The minimum absolute atomic E-state index is 0.277. The molecule has 0 unspecified atom stereocenters. The molecule has 1 aromatic heterocycles. The number of likely N-dealkylation sites (tertiary alicyclic amines) is 1. The first kappa shape index (κ1) is 19.9. The van der Waals surface area contributed by atoms with Gasteiger partial charge >= 0.3 is 16.3 Å². The van der Waals surface area contributed by atoms with Gasteiger partial charge in [0.2, 0.25) is 0 Å². The number of aromatic nitrogens is 2. The van der Waals surface area contributed by atoms with Crippen LogP contribution in [-0.2, 0) is 14.9 Å². The quantitative estimate of drug-likeness (QED) is 0.812. The van der Waals surface area contributed by atoms with Gasteiger partial charge in [0.05, 0.1) is 24.0 Å². The van der Waals surface area contributed by atoms with Gasteiger partial charge in [-0.05, 0) is 60.0 Å². The van der Waals surface area contributed by atoms with Crippen LogP contribution in [0.3, 0.4) is 0 Å². The molecule has 2 aliphatic rings. The highest BCUT2D eigenvalue weighted by Crippen LogP contribution is 2.36. The highest BCUT2D eigenvalue weighted by atomic mass is 32.2. The number of carbonyl (C=O) groups is 1. The average molecular weight is 400 g/mol. The predicted molar refractivity (Wildman–Crippen MR) is 102 cm³/mol. The standard InChI is InChI=1S/C17H29N5O4S/c1-17(2,3)26-16(23)19-27(24,25)22(14-6-5-9-20(4)11-14)15-10-18-21(12-15)13-7-8-13/h10,12-14H,5-9,11H2,1-4H3,(H,19,23)/t14-/m1/s1. The Morgan fingerprint density at radius 1 is 1.33 bits per heavy atom. The van der Waals surface area contributed by atoms with E-state index in [1.54, 1.807) is 37.8 Å². The minimum atomic E-state index is -4.13. The number of piperidine rings is 1. The molecular formula is C17H29N5O4S. The number of nitrogens with zero attached hydrogens (tertiary/aromatic N) is 4. The summed E-state index contributed by atoms with van der Waals surface area (Å²) in [5.41, 5.74) is -0.315. The highest BCUT2D eigenvalue weighted by Gasteiger charge is 2.36. The summed E-state index contributed by atoms with van der Waals surface area (Å²) in [4.78, 5) is 14.2. The monoisotopic (exact) mass is 399 g/mol. The molecule has 1 amide bonds. The Kier molecular flexibility index (Phi) is 5.40. The van der Waals surface area contributed by atoms with E-state index in [1.807, 2.05) is 7.05 Å². The lowest BCUT2D eigenvalue weighted by Gasteiger charge is -2.37. The summed E-state index contributed by atoms with van der Waals surface area (Å²) in [6.07, 6.45) is 6.03. The average Bonchev–Trinajstić information content (AvgIpc) is 3.24. The molecule has 0 aromatic carbocycles. The molecule has 1 aliphatic carbocycles. The topological polar surface area (TPSA) is 96.8 Å². The van der Waals surface area contributed by atoms with Gasteiger partial charge in [-0.25, -0.2) is 13.8 Å². The van der Waals surface area contributed by atoms with Gasteiger partial charge in [-0.2, -0.15) is 13.5 Å². The first-order valence-corrected chi connectivity index (χ1v) is 10.8. The molecule has 0 bridgehead atoms. The molecule has 1 atom stereocenters. The Hall–Kier alpha value is -1.81.